The molecule has 1 aromatic carbocycles. The molecule has 4 nitrogen and oxygen atoms in total. The first-order valence-corrected chi connectivity index (χ1v) is 9.41. The van der Waals surface area contributed by atoms with Gasteiger partial charge in [-0.15, -0.1) is 0 Å². The fraction of sp³-hybridized carbons (Fsp3) is 0.625. The normalized spacial score (nSPS) is 23.2. The van der Waals surface area contributed by atoms with Crippen molar-refractivity contribution in [3.05, 3.63) is 29.3 Å². The van der Waals surface area contributed by atoms with Gasteiger partial charge in [-0.25, -0.2) is 8.42 Å². The maximum absolute atomic E-state index is 13.0. The minimum absolute atomic E-state index is 0.181. The summed E-state index contributed by atoms with van der Waals surface area (Å²) in [4.78, 5) is 0.466. The molecule has 5 heteroatoms. The predicted octanol–water partition coefficient (Wildman–Crippen LogP) is 2.63. The van der Waals surface area contributed by atoms with Crippen LogP contribution in [0.5, 0.6) is 0 Å². The van der Waals surface area contributed by atoms with E-state index < -0.39 is 10.0 Å². The number of hydrogen-bond donors (Lipinski definition) is 1. The topological polar surface area (TPSA) is 49.4 Å². The molecule has 0 saturated carbocycles. The minimum atomic E-state index is -3.35. The average Bonchev–Trinajstić information content (AvgIpc) is 2.95. The second-order valence-electron chi connectivity index (χ2n) is 6.09. The smallest absolute Gasteiger partial charge is 0.243 e. The van der Waals surface area contributed by atoms with E-state index in [1.807, 2.05) is 12.1 Å². The van der Waals surface area contributed by atoms with Gasteiger partial charge in [0.15, 0.2) is 0 Å². The summed E-state index contributed by atoms with van der Waals surface area (Å²) in [6.45, 7) is 4.41. The van der Waals surface area contributed by atoms with E-state index in [1.54, 1.807) is 10.4 Å². The van der Waals surface area contributed by atoms with Gasteiger partial charge in [-0.3, -0.25) is 0 Å². The third-order valence-corrected chi connectivity index (χ3v) is 6.56. The zero-order valence-corrected chi connectivity index (χ0v) is 13.5. The number of nitrogens with zero attached hydrogens (tertiary/aromatic N) is 1. The van der Waals surface area contributed by atoms with E-state index in [9.17, 15) is 8.42 Å². The molecule has 1 saturated heterocycles. The Morgan fingerprint density at radius 3 is 2.86 bits per heavy atom. The van der Waals surface area contributed by atoms with E-state index in [2.05, 4.69) is 12.2 Å². The first-order valence-electron chi connectivity index (χ1n) is 7.97. The summed E-state index contributed by atoms with van der Waals surface area (Å²) in [5.74, 6) is 0. The summed E-state index contributed by atoms with van der Waals surface area (Å²) in [6, 6.07) is 5.78. The lowest BCUT2D eigenvalue weighted by molar-refractivity contribution is 0.239. The summed E-state index contributed by atoms with van der Waals surface area (Å²) in [5.41, 5.74) is 2.35. The first-order chi connectivity index (χ1) is 10.1. The van der Waals surface area contributed by atoms with E-state index in [1.165, 1.54) is 5.56 Å². The molecule has 0 radical (unpaired) electrons. The maximum atomic E-state index is 13.0. The summed E-state index contributed by atoms with van der Waals surface area (Å²) < 4.78 is 27.7. The van der Waals surface area contributed by atoms with Crippen molar-refractivity contribution >= 4 is 10.0 Å². The summed E-state index contributed by atoms with van der Waals surface area (Å²) >= 11 is 0. The molecule has 1 N–H and O–H groups in total. The van der Waals surface area contributed by atoms with Crippen molar-refractivity contribution in [2.24, 2.45) is 0 Å². The van der Waals surface area contributed by atoms with Gasteiger partial charge < -0.3 is 5.32 Å². The van der Waals surface area contributed by atoms with Crippen molar-refractivity contribution in [3.63, 3.8) is 0 Å². The number of nitrogens with one attached hydrogen (secondary N) is 1. The highest BCUT2D eigenvalue weighted by atomic mass is 32.2. The van der Waals surface area contributed by atoms with Crippen LogP contribution < -0.4 is 5.32 Å². The third kappa shape index (κ3) is 2.87. The third-order valence-electron chi connectivity index (χ3n) is 4.61. The highest BCUT2D eigenvalue weighted by Gasteiger charge is 2.33. The summed E-state index contributed by atoms with van der Waals surface area (Å²) in [5, 5.41) is 3.27. The van der Waals surface area contributed by atoms with E-state index in [4.69, 9.17) is 0 Å². The predicted molar refractivity (Wildman–Crippen MR) is 83.4 cm³/mol. The molecule has 0 spiro atoms. The molecule has 0 aromatic heterocycles. The fourth-order valence-corrected chi connectivity index (χ4v) is 5.25. The lowest BCUT2D eigenvalue weighted by Crippen LogP contribution is -2.43. The van der Waals surface area contributed by atoms with Crippen LogP contribution in [0.25, 0.3) is 0 Å². The average molecular weight is 308 g/mol. The Balaban J connectivity index is 1.91. The van der Waals surface area contributed by atoms with Crippen molar-refractivity contribution in [1.29, 1.82) is 0 Å². The Labute approximate surface area is 127 Å². The zero-order chi connectivity index (χ0) is 14.9. The largest absolute Gasteiger partial charge is 0.309 e. The van der Waals surface area contributed by atoms with Gasteiger partial charge in [0.05, 0.1) is 4.90 Å². The van der Waals surface area contributed by atoms with Gasteiger partial charge in [0.25, 0.3) is 0 Å². The number of fused-ring (bicyclic) bond motifs is 1. The van der Waals surface area contributed by atoms with Crippen LogP contribution in [0.3, 0.4) is 0 Å². The zero-order valence-electron chi connectivity index (χ0n) is 12.6. The molecule has 2 heterocycles. The number of hydrogen-bond acceptors (Lipinski definition) is 3. The molecule has 0 amide bonds. The standard InChI is InChI=1S/C16H24N2O2S/c1-2-5-15-6-3-4-9-18(15)21(19,20)16-8-7-13-11-17-12-14(13)10-16/h7-8,10,15,17H,2-6,9,11-12H2,1H3. The fourth-order valence-electron chi connectivity index (χ4n) is 3.48. The van der Waals surface area contributed by atoms with E-state index in [-0.39, 0.29) is 6.04 Å². The van der Waals surface area contributed by atoms with E-state index in [0.717, 1.165) is 50.8 Å². The summed E-state index contributed by atoms with van der Waals surface area (Å²) in [7, 11) is -3.35. The van der Waals surface area contributed by atoms with Gasteiger partial charge in [-0.1, -0.05) is 25.8 Å². The highest BCUT2D eigenvalue weighted by molar-refractivity contribution is 7.89. The lowest BCUT2D eigenvalue weighted by atomic mass is 10.0. The molecule has 1 fully saturated rings. The van der Waals surface area contributed by atoms with Crippen LogP contribution in [0.1, 0.15) is 50.2 Å². The van der Waals surface area contributed by atoms with Gasteiger partial charge in [-0.05, 0) is 42.5 Å². The Hall–Kier alpha value is -0.910. The van der Waals surface area contributed by atoms with Crippen molar-refractivity contribution in [3.8, 4) is 0 Å². The Morgan fingerprint density at radius 2 is 2.05 bits per heavy atom. The summed E-state index contributed by atoms with van der Waals surface area (Å²) in [6.07, 6.45) is 5.12. The highest BCUT2D eigenvalue weighted by Crippen LogP contribution is 2.29. The molecular weight excluding hydrogens is 284 g/mol. The number of rotatable bonds is 4. The maximum Gasteiger partial charge on any atom is 0.243 e. The van der Waals surface area contributed by atoms with Gasteiger partial charge in [0.2, 0.25) is 10.0 Å². The Morgan fingerprint density at radius 1 is 1.24 bits per heavy atom. The number of piperidine rings is 1. The molecule has 2 aliphatic rings. The molecule has 21 heavy (non-hydrogen) atoms. The number of benzene rings is 1. The van der Waals surface area contributed by atoms with Gasteiger partial charge in [-0.2, -0.15) is 4.31 Å². The van der Waals surface area contributed by atoms with Crippen LogP contribution in [0.2, 0.25) is 0 Å². The van der Waals surface area contributed by atoms with Crippen LogP contribution in [-0.4, -0.2) is 25.3 Å². The lowest BCUT2D eigenvalue weighted by Gasteiger charge is -2.34. The van der Waals surface area contributed by atoms with Crippen LogP contribution in [-0.2, 0) is 23.1 Å². The Bertz CT molecular complexity index is 611. The van der Waals surface area contributed by atoms with Crippen molar-refractivity contribution in [2.75, 3.05) is 6.54 Å². The second kappa shape index (κ2) is 6.07. The van der Waals surface area contributed by atoms with Gasteiger partial charge in [0, 0.05) is 25.7 Å². The van der Waals surface area contributed by atoms with Crippen LogP contribution in [0.4, 0.5) is 0 Å². The van der Waals surface area contributed by atoms with E-state index >= 15 is 0 Å². The Kier molecular flexibility index (Phi) is 4.33. The molecule has 1 atom stereocenters. The van der Waals surface area contributed by atoms with Crippen LogP contribution in [0, 0.1) is 0 Å². The molecule has 0 bridgehead atoms. The number of sulfonamides is 1. The van der Waals surface area contributed by atoms with Crippen LogP contribution in [0.15, 0.2) is 23.1 Å². The monoisotopic (exact) mass is 308 g/mol. The van der Waals surface area contributed by atoms with Gasteiger partial charge in [0.1, 0.15) is 0 Å². The minimum Gasteiger partial charge on any atom is -0.309 e. The van der Waals surface area contributed by atoms with Gasteiger partial charge >= 0.3 is 0 Å². The second-order valence-corrected chi connectivity index (χ2v) is 7.98. The van der Waals surface area contributed by atoms with Crippen molar-refractivity contribution < 1.29 is 8.42 Å². The van der Waals surface area contributed by atoms with Crippen molar-refractivity contribution in [1.82, 2.24) is 9.62 Å². The van der Waals surface area contributed by atoms with Crippen LogP contribution >= 0.6 is 0 Å². The van der Waals surface area contributed by atoms with E-state index in [0.29, 0.717) is 11.4 Å². The quantitative estimate of drug-likeness (QED) is 0.930. The molecule has 1 unspecified atom stereocenters. The molecule has 1 aromatic rings. The SMILES string of the molecule is CCCC1CCCCN1S(=O)(=O)c1ccc2c(c1)CNC2. The molecule has 2 aliphatic heterocycles. The van der Waals surface area contributed by atoms with Crippen molar-refractivity contribution in [2.45, 2.75) is 63.1 Å². The first kappa shape index (κ1) is 15.0. The molecule has 3 rings (SSSR count). The molecule has 116 valence electrons. The molecular formula is C16H24N2O2S. The molecule has 0 aliphatic carbocycles.